The van der Waals surface area contributed by atoms with Gasteiger partial charge in [-0.2, -0.15) is 0 Å². The fourth-order valence-corrected chi connectivity index (χ4v) is 1.69. The van der Waals surface area contributed by atoms with Gasteiger partial charge in [0.05, 0.1) is 6.54 Å². The first kappa shape index (κ1) is 11.2. The molecular weight excluding hydrogens is 202 g/mol. The molecule has 2 N–H and O–H groups in total. The Morgan fingerprint density at radius 3 is 2.94 bits per heavy atom. The van der Waals surface area contributed by atoms with Crippen LogP contribution in [0, 0.1) is 0 Å². The van der Waals surface area contributed by atoms with Gasteiger partial charge in [-0.3, -0.25) is 0 Å². The minimum absolute atomic E-state index is 0.217. The van der Waals surface area contributed by atoms with Crippen LogP contribution in [-0.2, 0) is 6.54 Å². The number of nitrogens with one attached hydrogen (secondary N) is 1. The Bertz CT molecular complexity index is 417. The Balaban J connectivity index is 1.99. The summed E-state index contributed by atoms with van der Waals surface area (Å²) in [6, 6.07) is 10.3. The highest BCUT2D eigenvalue weighted by Crippen LogP contribution is 2.18. The van der Waals surface area contributed by atoms with E-state index < -0.39 is 0 Å². The molecule has 0 radical (unpaired) electrons. The molecule has 1 aromatic carbocycles. The Morgan fingerprint density at radius 2 is 2.19 bits per heavy atom. The molecule has 0 spiro atoms. The van der Waals surface area contributed by atoms with Gasteiger partial charge in [0.15, 0.2) is 0 Å². The minimum Gasteiger partial charge on any atom is -0.460 e. The van der Waals surface area contributed by atoms with Gasteiger partial charge in [-0.15, -0.1) is 0 Å². The van der Waals surface area contributed by atoms with Crippen LogP contribution in [0.4, 0.5) is 0 Å². The molecule has 0 fully saturated rings. The molecule has 0 saturated heterocycles. The van der Waals surface area contributed by atoms with Gasteiger partial charge in [-0.05, 0) is 25.5 Å². The number of aliphatic hydroxyl groups is 1. The Hall–Kier alpha value is -1.32. The van der Waals surface area contributed by atoms with Gasteiger partial charge in [0, 0.05) is 18.0 Å². The van der Waals surface area contributed by atoms with E-state index in [0.717, 1.165) is 23.2 Å². The monoisotopic (exact) mass is 219 g/mol. The fourth-order valence-electron chi connectivity index (χ4n) is 1.69. The van der Waals surface area contributed by atoms with Crippen LogP contribution in [0.5, 0.6) is 0 Å². The van der Waals surface area contributed by atoms with Crippen molar-refractivity contribution in [2.24, 2.45) is 0 Å². The normalized spacial score (nSPS) is 13.1. The maximum atomic E-state index is 8.78. The molecule has 16 heavy (non-hydrogen) atoms. The average Bonchev–Trinajstić information content (AvgIpc) is 2.69. The summed E-state index contributed by atoms with van der Waals surface area (Å²) in [6.07, 6.45) is 0.764. The number of para-hydroxylation sites is 1. The van der Waals surface area contributed by atoms with Crippen molar-refractivity contribution in [2.75, 3.05) is 6.61 Å². The van der Waals surface area contributed by atoms with Crippen molar-refractivity contribution < 1.29 is 9.52 Å². The summed E-state index contributed by atoms with van der Waals surface area (Å²) in [5.41, 5.74) is 0.925. The highest BCUT2D eigenvalue weighted by molar-refractivity contribution is 5.77. The third-order valence-corrected chi connectivity index (χ3v) is 2.66. The van der Waals surface area contributed by atoms with E-state index in [1.54, 1.807) is 0 Å². The molecule has 0 bridgehead atoms. The largest absolute Gasteiger partial charge is 0.460 e. The smallest absolute Gasteiger partial charge is 0.134 e. The SMILES string of the molecule is C[C@H](CCO)NCc1cc2ccccc2o1. The summed E-state index contributed by atoms with van der Waals surface area (Å²) < 4.78 is 5.67. The summed E-state index contributed by atoms with van der Waals surface area (Å²) in [5, 5.41) is 13.2. The second-order valence-corrected chi connectivity index (χ2v) is 4.04. The third-order valence-electron chi connectivity index (χ3n) is 2.66. The number of hydrogen-bond donors (Lipinski definition) is 2. The van der Waals surface area contributed by atoms with Crippen LogP contribution in [0.15, 0.2) is 34.7 Å². The van der Waals surface area contributed by atoms with Crippen LogP contribution in [0.2, 0.25) is 0 Å². The first-order valence-corrected chi connectivity index (χ1v) is 5.61. The first-order chi connectivity index (χ1) is 7.79. The summed E-state index contributed by atoms with van der Waals surface area (Å²) in [4.78, 5) is 0. The number of benzene rings is 1. The standard InChI is InChI=1S/C13H17NO2/c1-10(6-7-15)14-9-12-8-11-4-2-3-5-13(11)16-12/h2-5,8,10,14-15H,6-7,9H2,1H3/t10-/m1/s1. The van der Waals surface area contributed by atoms with Gasteiger partial charge in [0.1, 0.15) is 11.3 Å². The zero-order chi connectivity index (χ0) is 11.4. The van der Waals surface area contributed by atoms with Crippen LogP contribution >= 0.6 is 0 Å². The second-order valence-electron chi connectivity index (χ2n) is 4.04. The summed E-state index contributed by atoms with van der Waals surface area (Å²) in [6.45, 7) is 2.98. The fraction of sp³-hybridized carbons (Fsp3) is 0.385. The molecule has 0 aliphatic rings. The van der Waals surface area contributed by atoms with Gasteiger partial charge >= 0.3 is 0 Å². The van der Waals surface area contributed by atoms with Crippen molar-refractivity contribution in [1.82, 2.24) is 5.32 Å². The van der Waals surface area contributed by atoms with E-state index in [-0.39, 0.29) is 6.61 Å². The molecule has 1 aromatic heterocycles. The lowest BCUT2D eigenvalue weighted by molar-refractivity contribution is 0.267. The van der Waals surface area contributed by atoms with Crippen molar-refractivity contribution in [1.29, 1.82) is 0 Å². The van der Waals surface area contributed by atoms with Gasteiger partial charge in [-0.25, -0.2) is 0 Å². The van der Waals surface area contributed by atoms with E-state index in [0.29, 0.717) is 12.6 Å². The van der Waals surface area contributed by atoms with Gasteiger partial charge in [0.25, 0.3) is 0 Å². The molecule has 2 rings (SSSR count). The van der Waals surface area contributed by atoms with Crippen LogP contribution in [0.25, 0.3) is 11.0 Å². The molecule has 1 heterocycles. The van der Waals surface area contributed by atoms with Crippen LogP contribution in [0.1, 0.15) is 19.1 Å². The molecule has 3 nitrogen and oxygen atoms in total. The molecule has 86 valence electrons. The molecule has 0 aliphatic carbocycles. The number of rotatable bonds is 5. The number of aliphatic hydroxyl groups excluding tert-OH is 1. The molecule has 3 heteroatoms. The Kier molecular flexibility index (Phi) is 3.59. The topological polar surface area (TPSA) is 45.4 Å². The third kappa shape index (κ3) is 2.62. The lowest BCUT2D eigenvalue weighted by Gasteiger charge is -2.10. The van der Waals surface area contributed by atoms with E-state index in [1.807, 2.05) is 30.3 Å². The molecule has 0 saturated carbocycles. The van der Waals surface area contributed by atoms with Crippen molar-refractivity contribution in [2.45, 2.75) is 25.9 Å². The first-order valence-electron chi connectivity index (χ1n) is 5.61. The number of fused-ring (bicyclic) bond motifs is 1. The van der Waals surface area contributed by atoms with Crippen LogP contribution in [-0.4, -0.2) is 17.8 Å². The predicted molar refractivity (Wildman–Crippen MR) is 64.2 cm³/mol. The van der Waals surface area contributed by atoms with Crippen LogP contribution < -0.4 is 5.32 Å². The van der Waals surface area contributed by atoms with Crippen molar-refractivity contribution >= 4 is 11.0 Å². The van der Waals surface area contributed by atoms with E-state index >= 15 is 0 Å². The van der Waals surface area contributed by atoms with E-state index in [4.69, 9.17) is 9.52 Å². The zero-order valence-corrected chi connectivity index (χ0v) is 9.44. The van der Waals surface area contributed by atoms with E-state index in [1.165, 1.54) is 0 Å². The lowest BCUT2D eigenvalue weighted by atomic mass is 10.2. The molecule has 1 atom stereocenters. The summed E-state index contributed by atoms with van der Waals surface area (Å²) in [5.74, 6) is 0.936. The van der Waals surface area contributed by atoms with Gasteiger partial charge in [-0.1, -0.05) is 18.2 Å². The van der Waals surface area contributed by atoms with E-state index in [9.17, 15) is 0 Å². The molecule has 2 aromatic rings. The summed E-state index contributed by atoms with van der Waals surface area (Å²) >= 11 is 0. The van der Waals surface area contributed by atoms with Crippen molar-refractivity contribution in [3.05, 3.63) is 36.1 Å². The number of furan rings is 1. The molecule has 0 amide bonds. The van der Waals surface area contributed by atoms with Crippen molar-refractivity contribution in [3.63, 3.8) is 0 Å². The van der Waals surface area contributed by atoms with E-state index in [2.05, 4.69) is 12.2 Å². The highest BCUT2D eigenvalue weighted by Gasteiger charge is 2.04. The second kappa shape index (κ2) is 5.14. The molecule has 0 unspecified atom stereocenters. The zero-order valence-electron chi connectivity index (χ0n) is 9.44. The Labute approximate surface area is 95.1 Å². The van der Waals surface area contributed by atoms with Crippen molar-refractivity contribution in [3.8, 4) is 0 Å². The lowest BCUT2D eigenvalue weighted by Crippen LogP contribution is -2.26. The predicted octanol–water partition coefficient (Wildman–Crippen LogP) is 2.29. The maximum absolute atomic E-state index is 8.78. The average molecular weight is 219 g/mol. The summed E-state index contributed by atoms with van der Waals surface area (Å²) in [7, 11) is 0. The minimum atomic E-state index is 0.217. The molecule has 0 aliphatic heterocycles. The Morgan fingerprint density at radius 1 is 1.38 bits per heavy atom. The number of hydrogen-bond acceptors (Lipinski definition) is 3. The van der Waals surface area contributed by atoms with Gasteiger partial charge in [0.2, 0.25) is 0 Å². The van der Waals surface area contributed by atoms with Gasteiger partial charge < -0.3 is 14.8 Å². The maximum Gasteiger partial charge on any atom is 0.134 e. The molecular formula is C13H17NO2. The highest BCUT2D eigenvalue weighted by atomic mass is 16.3. The quantitative estimate of drug-likeness (QED) is 0.811. The van der Waals surface area contributed by atoms with Crippen LogP contribution in [0.3, 0.4) is 0 Å².